The number of hydrogen-bond donors (Lipinski definition) is 1. The van der Waals surface area contributed by atoms with Crippen molar-refractivity contribution in [3.63, 3.8) is 0 Å². The summed E-state index contributed by atoms with van der Waals surface area (Å²) in [5.74, 6) is -0.0128. The molecule has 12 heavy (non-hydrogen) atoms. The third-order valence-electron chi connectivity index (χ3n) is 1.83. The van der Waals surface area contributed by atoms with Crippen molar-refractivity contribution in [1.82, 2.24) is 10.0 Å². The first-order chi connectivity index (χ1) is 5.71. The highest BCUT2D eigenvalue weighted by molar-refractivity contribution is 5.77. The first-order valence-corrected chi connectivity index (χ1v) is 4.46. The highest BCUT2D eigenvalue weighted by Gasteiger charge is 2.14. The lowest BCUT2D eigenvalue weighted by molar-refractivity contribution is -0.146. The lowest BCUT2D eigenvalue weighted by atomic mass is 10.5. The van der Waals surface area contributed by atoms with Crippen molar-refractivity contribution >= 4 is 5.91 Å². The van der Waals surface area contributed by atoms with Crippen LogP contribution in [0.25, 0.3) is 0 Å². The molecule has 4 nitrogen and oxygen atoms in total. The van der Waals surface area contributed by atoms with Crippen LogP contribution in [0.1, 0.15) is 20.8 Å². The number of nitrogens with two attached hydrogens (primary N) is 1. The summed E-state index contributed by atoms with van der Waals surface area (Å²) in [5.41, 5.74) is 5.28. The van der Waals surface area contributed by atoms with Gasteiger partial charge in [0.05, 0.1) is 6.54 Å². The van der Waals surface area contributed by atoms with Gasteiger partial charge in [-0.2, -0.15) is 0 Å². The second-order valence-electron chi connectivity index (χ2n) is 2.45. The van der Waals surface area contributed by atoms with E-state index in [1.165, 1.54) is 0 Å². The Hall–Kier alpha value is -0.610. The van der Waals surface area contributed by atoms with Crippen LogP contribution >= 0.6 is 0 Å². The third kappa shape index (κ3) is 2.79. The highest BCUT2D eigenvalue weighted by Crippen LogP contribution is 1.96. The summed E-state index contributed by atoms with van der Waals surface area (Å²) in [4.78, 5) is 11.3. The van der Waals surface area contributed by atoms with E-state index in [-0.39, 0.29) is 12.5 Å². The molecule has 0 unspecified atom stereocenters. The lowest BCUT2D eigenvalue weighted by Crippen LogP contribution is -2.48. The van der Waals surface area contributed by atoms with Gasteiger partial charge in [0, 0.05) is 19.6 Å². The standard InChI is InChI=1S/C8H19N3O/c1-4-10(5-2)11(6-3)8(12)7-9/h4-7,9H2,1-3H3. The van der Waals surface area contributed by atoms with Crippen LogP contribution in [0.15, 0.2) is 0 Å². The molecule has 0 aliphatic carbocycles. The molecule has 4 heteroatoms. The zero-order valence-electron chi connectivity index (χ0n) is 8.21. The molecule has 0 aromatic rings. The van der Waals surface area contributed by atoms with E-state index in [2.05, 4.69) is 0 Å². The van der Waals surface area contributed by atoms with Gasteiger partial charge < -0.3 is 5.73 Å². The van der Waals surface area contributed by atoms with Gasteiger partial charge in [0.25, 0.3) is 5.91 Å². The fourth-order valence-electron chi connectivity index (χ4n) is 1.20. The predicted molar refractivity (Wildman–Crippen MR) is 49.4 cm³/mol. The first kappa shape index (κ1) is 11.4. The van der Waals surface area contributed by atoms with Gasteiger partial charge in [-0.15, -0.1) is 0 Å². The van der Waals surface area contributed by atoms with Gasteiger partial charge in [0.15, 0.2) is 0 Å². The van der Waals surface area contributed by atoms with E-state index in [0.717, 1.165) is 13.1 Å². The molecule has 0 heterocycles. The lowest BCUT2D eigenvalue weighted by Gasteiger charge is -2.32. The normalized spacial score (nSPS) is 10.4. The van der Waals surface area contributed by atoms with Crippen LogP contribution in [0, 0.1) is 0 Å². The van der Waals surface area contributed by atoms with Crippen molar-refractivity contribution in [1.29, 1.82) is 0 Å². The maximum absolute atomic E-state index is 11.3. The fourth-order valence-corrected chi connectivity index (χ4v) is 1.20. The molecule has 2 N–H and O–H groups in total. The SMILES string of the molecule is CCN(CC)N(CC)C(=O)CN. The average Bonchev–Trinajstić information content (AvgIpc) is 2.12. The van der Waals surface area contributed by atoms with Crippen molar-refractivity contribution in [2.75, 3.05) is 26.2 Å². The Bertz CT molecular complexity index is 134. The Balaban J connectivity index is 4.19. The Morgan fingerprint density at radius 3 is 1.92 bits per heavy atom. The summed E-state index contributed by atoms with van der Waals surface area (Å²) >= 11 is 0. The van der Waals surface area contributed by atoms with Crippen molar-refractivity contribution in [2.45, 2.75) is 20.8 Å². The topological polar surface area (TPSA) is 49.6 Å². The number of rotatable bonds is 5. The van der Waals surface area contributed by atoms with E-state index >= 15 is 0 Å². The second-order valence-corrected chi connectivity index (χ2v) is 2.45. The molecule has 0 aliphatic heterocycles. The van der Waals surface area contributed by atoms with Gasteiger partial charge in [0.2, 0.25) is 0 Å². The van der Waals surface area contributed by atoms with Crippen LogP contribution in [0.4, 0.5) is 0 Å². The summed E-state index contributed by atoms with van der Waals surface area (Å²) in [5, 5.41) is 3.68. The fraction of sp³-hybridized carbons (Fsp3) is 0.875. The van der Waals surface area contributed by atoms with Crippen LogP contribution in [0.5, 0.6) is 0 Å². The van der Waals surface area contributed by atoms with Crippen LogP contribution in [-0.2, 0) is 4.79 Å². The van der Waals surface area contributed by atoms with Crippen LogP contribution in [0.3, 0.4) is 0 Å². The van der Waals surface area contributed by atoms with Crippen molar-refractivity contribution in [3.8, 4) is 0 Å². The van der Waals surface area contributed by atoms with Crippen LogP contribution in [0.2, 0.25) is 0 Å². The molecular formula is C8H19N3O. The van der Waals surface area contributed by atoms with Crippen molar-refractivity contribution < 1.29 is 4.79 Å². The first-order valence-electron chi connectivity index (χ1n) is 4.46. The summed E-state index contributed by atoms with van der Waals surface area (Å²) < 4.78 is 0. The number of carbonyl (C=O) groups is 1. The molecule has 0 aliphatic rings. The van der Waals surface area contributed by atoms with E-state index in [4.69, 9.17) is 5.73 Å². The Morgan fingerprint density at radius 2 is 1.67 bits per heavy atom. The Labute approximate surface area is 74.3 Å². The minimum absolute atomic E-state index is 0.0128. The number of hydrogen-bond acceptors (Lipinski definition) is 3. The van der Waals surface area contributed by atoms with Gasteiger partial charge in [0.1, 0.15) is 0 Å². The van der Waals surface area contributed by atoms with E-state index in [1.54, 1.807) is 5.01 Å². The highest BCUT2D eigenvalue weighted by atomic mass is 16.2. The van der Waals surface area contributed by atoms with Gasteiger partial charge in [-0.3, -0.25) is 9.80 Å². The van der Waals surface area contributed by atoms with E-state index in [0.29, 0.717) is 6.54 Å². The summed E-state index contributed by atoms with van der Waals surface area (Å²) in [7, 11) is 0. The predicted octanol–water partition coefficient (Wildman–Crippen LogP) is 0.0504. The monoisotopic (exact) mass is 173 g/mol. The van der Waals surface area contributed by atoms with Crippen LogP contribution < -0.4 is 5.73 Å². The van der Waals surface area contributed by atoms with Gasteiger partial charge in [-0.25, -0.2) is 5.01 Å². The van der Waals surface area contributed by atoms with E-state index < -0.39 is 0 Å². The van der Waals surface area contributed by atoms with Gasteiger partial charge in [-0.1, -0.05) is 13.8 Å². The minimum Gasteiger partial charge on any atom is -0.322 e. The van der Waals surface area contributed by atoms with E-state index in [9.17, 15) is 4.79 Å². The molecule has 0 aromatic heterocycles. The van der Waals surface area contributed by atoms with Crippen molar-refractivity contribution in [3.05, 3.63) is 0 Å². The van der Waals surface area contributed by atoms with Crippen LogP contribution in [-0.4, -0.2) is 42.1 Å². The van der Waals surface area contributed by atoms with Gasteiger partial charge in [-0.05, 0) is 6.92 Å². The average molecular weight is 173 g/mol. The quantitative estimate of drug-likeness (QED) is 0.598. The molecule has 0 spiro atoms. The number of likely N-dealkylation sites (N-methyl/N-ethyl adjacent to an activating group) is 1. The molecule has 0 saturated heterocycles. The second kappa shape index (κ2) is 5.97. The molecule has 0 rings (SSSR count). The molecule has 0 fully saturated rings. The number of hydrazine groups is 1. The molecular weight excluding hydrogens is 154 g/mol. The third-order valence-corrected chi connectivity index (χ3v) is 1.83. The summed E-state index contributed by atoms with van der Waals surface area (Å²) in [6.45, 7) is 8.46. The maximum Gasteiger partial charge on any atom is 0.250 e. The Morgan fingerprint density at radius 1 is 1.17 bits per heavy atom. The molecule has 0 bridgehead atoms. The van der Waals surface area contributed by atoms with Gasteiger partial charge >= 0.3 is 0 Å². The van der Waals surface area contributed by atoms with E-state index in [1.807, 2.05) is 25.8 Å². The minimum atomic E-state index is -0.0128. The molecule has 0 saturated carbocycles. The maximum atomic E-state index is 11.3. The number of carbonyl (C=O) groups excluding carboxylic acids is 1. The molecule has 0 radical (unpaired) electrons. The number of nitrogens with zero attached hydrogens (tertiary/aromatic N) is 2. The Kier molecular flexibility index (Phi) is 5.66. The zero-order valence-corrected chi connectivity index (χ0v) is 8.21. The number of amides is 1. The molecule has 1 amide bonds. The van der Waals surface area contributed by atoms with Crippen molar-refractivity contribution in [2.24, 2.45) is 5.73 Å². The zero-order chi connectivity index (χ0) is 9.56. The summed E-state index contributed by atoms with van der Waals surface area (Å²) in [6.07, 6.45) is 0. The molecule has 72 valence electrons. The smallest absolute Gasteiger partial charge is 0.250 e. The summed E-state index contributed by atoms with van der Waals surface area (Å²) in [6, 6.07) is 0. The molecule has 0 atom stereocenters. The molecule has 0 aromatic carbocycles. The largest absolute Gasteiger partial charge is 0.322 e.